The van der Waals surface area contributed by atoms with Crippen molar-refractivity contribution in [3.05, 3.63) is 64.4 Å². The predicted molar refractivity (Wildman–Crippen MR) is 92.9 cm³/mol. The van der Waals surface area contributed by atoms with Gasteiger partial charge in [-0.15, -0.1) is 5.10 Å². The average molecular weight is 407 g/mol. The van der Waals surface area contributed by atoms with Crippen LogP contribution in [0.4, 0.5) is 4.39 Å². The second kappa shape index (κ2) is 7.23. The summed E-state index contributed by atoms with van der Waals surface area (Å²) in [7, 11) is 0. The zero-order chi connectivity index (χ0) is 17.1. The van der Waals surface area contributed by atoms with E-state index in [1.54, 1.807) is 31.2 Å². The molecule has 1 atom stereocenters. The normalized spacial score (nSPS) is 12.1. The van der Waals surface area contributed by atoms with E-state index in [1.807, 2.05) is 12.1 Å². The van der Waals surface area contributed by atoms with Gasteiger partial charge in [0.2, 0.25) is 5.16 Å². The Bertz CT molecular complexity index is 869. The van der Waals surface area contributed by atoms with Gasteiger partial charge in [-0.3, -0.25) is 4.79 Å². The molecule has 3 aromatic rings. The van der Waals surface area contributed by atoms with Crippen molar-refractivity contribution >= 4 is 33.5 Å². The summed E-state index contributed by atoms with van der Waals surface area (Å²) >= 11 is 4.57. The predicted octanol–water partition coefficient (Wildman–Crippen LogP) is 3.93. The first-order valence-corrected chi connectivity index (χ1v) is 8.72. The lowest BCUT2D eigenvalue weighted by molar-refractivity contribution is 0.0994. The van der Waals surface area contributed by atoms with Gasteiger partial charge in [-0.2, -0.15) is 4.68 Å². The molecule has 1 aromatic heterocycles. The summed E-state index contributed by atoms with van der Waals surface area (Å²) in [6, 6.07) is 13.1. The minimum absolute atomic E-state index is 0.0266. The van der Waals surface area contributed by atoms with Gasteiger partial charge >= 0.3 is 0 Å². The second-order valence-corrected chi connectivity index (χ2v) is 7.21. The summed E-state index contributed by atoms with van der Waals surface area (Å²) < 4.78 is 15.7. The van der Waals surface area contributed by atoms with Crippen LogP contribution < -0.4 is 0 Å². The summed E-state index contributed by atoms with van der Waals surface area (Å²) in [5.41, 5.74) is 1.12. The van der Waals surface area contributed by atoms with Crippen LogP contribution >= 0.6 is 27.7 Å². The van der Waals surface area contributed by atoms with Gasteiger partial charge < -0.3 is 0 Å². The molecule has 0 N–H and O–H groups in total. The van der Waals surface area contributed by atoms with Crippen molar-refractivity contribution in [3.63, 3.8) is 0 Å². The number of rotatable bonds is 5. The van der Waals surface area contributed by atoms with Crippen molar-refractivity contribution in [2.45, 2.75) is 17.3 Å². The SMILES string of the molecule is C[C@H](Sc1nnnn1-c1cccc(F)c1)C(=O)c1ccc(Br)cc1. The van der Waals surface area contributed by atoms with Gasteiger partial charge in [0, 0.05) is 10.0 Å². The van der Waals surface area contributed by atoms with Crippen LogP contribution in [0.1, 0.15) is 17.3 Å². The summed E-state index contributed by atoms with van der Waals surface area (Å²) in [4.78, 5) is 12.5. The molecule has 0 bridgehead atoms. The third-order valence-electron chi connectivity index (χ3n) is 3.27. The molecule has 0 unspecified atom stereocenters. The standard InChI is InChI=1S/C16H12BrFN4OS/c1-10(15(23)11-5-7-12(17)8-6-11)24-16-19-20-21-22(16)14-4-2-3-13(18)9-14/h2-10H,1H3/t10-/m0/s1. The molecule has 0 radical (unpaired) electrons. The van der Waals surface area contributed by atoms with Crippen LogP contribution in [0.2, 0.25) is 0 Å². The van der Waals surface area contributed by atoms with Crippen LogP contribution in [0.3, 0.4) is 0 Å². The van der Waals surface area contributed by atoms with Gasteiger partial charge in [-0.25, -0.2) is 4.39 Å². The van der Waals surface area contributed by atoms with Gasteiger partial charge in [-0.05, 0) is 47.7 Å². The molecule has 0 aliphatic carbocycles. The second-order valence-electron chi connectivity index (χ2n) is 4.98. The van der Waals surface area contributed by atoms with Gasteiger partial charge in [0.25, 0.3) is 0 Å². The lowest BCUT2D eigenvalue weighted by Gasteiger charge is -2.10. The molecule has 8 heteroatoms. The fourth-order valence-corrected chi connectivity index (χ4v) is 3.23. The molecular weight excluding hydrogens is 395 g/mol. The molecule has 0 saturated heterocycles. The Morgan fingerprint density at radius 1 is 1.25 bits per heavy atom. The number of thioether (sulfide) groups is 1. The highest BCUT2D eigenvalue weighted by atomic mass is 79.9. The van der Waals surface area contributed by atoms with Crippen molar-refractivity contribution < 1.29 is 9.18 Å². The number of nitrogens with zero attached hydrogens (tertiary/aromatic N) is 4. The third kappa shape index (κ3) is 3.70. The Morgan fingerprint density at radius 2 is 2.00 bits per heavy atom. The van der Waals surface area contributed by atoms with Crippen molar-refractivity contribution in [1.29, 1.82) is 0 Å². The number of hydrogen-bond donors (Lipinski definition) is 0. The molecule has 5 nitrogen and oxygen atoms in total. The molecule has 1 heterocycles. The van der Waals surface area contributed by atoms with Crippen LogP contribution in [0.5, 0.6) is 0 Å². The molecule has 122 valence electrons. The first-order chi connectivity index (χ1) is 11.5. The monoisotopic (exact) mass is 406 g/mol. The van der Waals surface area contributed by atoms with Crippen LogP contribution in [-0.2, 0) is 0 Å². The minimum atomic E-state index is -0.385. The fourth-order valence-electron chi connectivity index (χ4n) is 2.08. The number of tetrazole rings is 1. The summed E-state index contributed by atoms with van der Waals surface area (Å²) in [6.45, 7) is 1.79. The number of halogens is 2. The Balaban J connectivity index is 1.80. The zero-order valence-electron chi connectivity index (χ0n) is 12.6. The third-order valence-corrected chi connectivity index (χ3v) is 4.84. The number of carbonyl (C=O) groups excluding carboxylic acids is 1. The van der Waals surface area contributed by atoms with Gasteiger partial charge in [0.15, 0.2) is 5.78 Å². The zero-order valence-corrected chi connectivity index (χ0v) is 15.0. The topological polar surface area (TPSA) is 60.7 Å². The minimum Gasteiger partial charge on any atom is -0.293 e. The van der Waals surface area contributed by atoms with Gasteiger partial charge in [0.05, 0.1) is 10.9 Å². The Labute approximate surface area is 150 Å². The molecule has 0 aliphatic heterocycles. The number of benzene rings is 2. The van der Waals surface area contributed by atoms with E-state index in [0.29, 0.717) is 16.4 Å². The largest absolute Gasteiger partial charge is 0.293 e. The summed E-state index contributed by atoms with van der Waals surface area (Å²) in [6.07, 6.45) is 0. The Hall–Kier alpha value is -2.06. The van der Waals surface area contributed by atoms with Crippen LogP contribution in [0, 0.1) is 5.82 Å². The molecule has 3 rings (SSSR count). The number of ketones is 1. The van der Waals surface area contributed by atoms with E-state index in [1.165, 1.54) is 28.6 Å². The van der Waals surface area contributed by atoms with E-state index in [4.69, 9.17) is 0 Å². The first kappa shape index (κ1) is 16.8. The molecule has 2 aromatic carbocycles. The molecular formula is C16H12BrFN4OS. The van der Waals surface area contributed by atoms with E-state index >= 15 is 0 Å². The Morgan fingerprint density at radius 3 is 2.71 bits per heavy atom. The molecule has 0 saturated carbocycles. The van der Waals surface area contributed by atoms with Crippen molar-refractivity contribution in [2.24, 2.45) is 0 Å². The number of carbonyl (C=O) groups is 1. The van der Waals surface area contributed by atoms with E-state index in [0.717, 1.165) is 4.47 Å². The number of hydrogen-bond acceptors (Lipinski definition) is 5. The highest BCUT2D eigenvalue weighted by Crippen LogP contribution is 2.25. The van der Waals surface area contributed by atoms with Crippen LogP contribution in [0.25, 0.3) is 5.69 Å². The maximum atomic E-state index is 13.4. The quantitative estimate of drug-likeness (QED) is 0.474. The molecule has 0 spiro atoms. The van der Waals surface area contributed by atoms with Crippen LogP contribution in [0.15, 0.2) is 58.2 Å². The smallest absolute Gasteiger partial charge is 0.214 e. The molecule has 24 heavy (non-hydrogen) atoms. The van der Waals surface area contributed by atoms with Gasteiger partial charge in [0.1, 0.15) is 5.82 Å². The van der Waals surface area contributed by atoms with Crippen molar-refractivity contribution in [3.8, 4) is 5.69 Å². The maximum absolute atomic E-state index is 13.4. The van der Waals surface area contributed by atoms with Crippen molar-refractivity contribution in [2.75, 3.05) is 0 Å². The molecule has 0 fully saturated rings. The van der Waals surface area contributed by atoms with Crippen molar-refractivity contribution in [1.82, 2.24) is 20.2 Å². The highest BCUT2D eigenvalue weighted by molar-refractivity contribution is 9.10. The van der Waals surface area contributed by atoms with E-state index in [2.05, 4.69) is 31.5 Å². The first-order valence-electron chi connectivity index (χ1n) is 7.05. The van der Waals surface area contributed by atoms with E-state index in [9.17, 15) is 9.18 Å². The summed E-state index contributed by atoms with van der Waals surface area (Å²) in [5.74, 6) is -0.403. The van der Waals surface area contributed by atoms with E-state index in [-0.39, 0.29) is 16.9 Å². The van der Waals surface area contributed by atoms with Gasteiger partial charge in [-0.1, -0.05) is 45.9 Å². The lowest BCUT2D eigenvalue weighted by atomic mass is 10.1. The molecule has 0 aliphatic rings. The fraction of sp³-hybridized carbons (Fsp3) is 0.125. The number of aromatic nitrogens is 4. The maximum Gasteiger partial charge on any atom is 0.214 e. The summed E-state index contributed by atoms with van der Waals surface area (Å²) in [5, 5.41) is 11.5. The average Bonchev–Trinajstić information content (AvgIpc) is 3.03. The van der Waals surface area contributed by atoms with Crippen LogP contribution in [-0.4, -0.2) is 31.2 Å². The number of Topliss-reactive ketones (excluding diaryl/α,β-unsaturated/α-hetero) is 1. The lowest BCUT2D eigenvalue weighted by Crippen LogP contribution is -2.14. The van der Waals surface area contributed by atoms with E-state index < -0.39 is 0 Å². The highest BCUT2D eigenvalue weighted by Gasteiger charge is 2.20. The Kier molecular flexibility index (Phi) is 5.06. The molecule has 0 amide bonds.